The fourth-order valence-electron chi connectivity index (χ4n) is 3.94. The van der Waals surface area contributed by atoms with Crippen LogP contribution in [0.5, 0.6) is 17.2 Å². The molecular weight excluding hydrogens is 452 g/mol. The molecule has 2 heterocycles. The standard InChI is InChI=1S/C23H32O7S2/c1-22(2)29-17(13-20(25)30-22)12-16(24)14-23(31-8-5-9-32-23)7-6-15-10-18(27-3)21(26)19(11-15)28-4/h10-11,13,16,24,26H,5-9,12,14H2,1-4H3. The number of methoxy groups -OCH3 is 2. The molecule has 2 aliphatic heterocycles. The molecule has 1 unspecified atom stereocenters. The number of hydrogen-bond donors (Lipinski definition) is 2. The van der Waals surface area contributed by atoms with Crippen LogP contribution in [0, 0.1) is 0 Å². The van der Waals surface area contributed by atoms with Crippen LogP contribution in [0.25, 0.3) is 0 Å². The van der Waals surface area contributed by atoms with Crippen LogP contribution >= 0.6 is 23.5 Å². The number of rotatable bonds is 9. The van der Waals surface area contributed by atoms with E-state index in [1.54, 1.807) is 13.8 Å². The van der Waals surface area contributed by atoms with Crippen LogP contribution in [0.15, 0.2) is 24.0 Å². The van der Waals surface area contributed by atoms with Crippen LogP contribution in [0.3, 0.4) is 0 Å². The van der Waals surface area contributed by atoms with E-state index in [4.69, 9.17) is 18.9 Å². The third-order valence-corrected chi connectivity index (χ3v) is 8.83. The van der Waals surface area contributed by atoms with Gasteiger partial charge in [-0.15, -0.1) is 23.5 Å². The van der Waals surface area contributed by atoms with Gasteiger partial charge in [0.1, 0.15) is 5.76 Å². The van der Waals surface area contributed by atoms with Crippen LogP contribution in [0.1, 0.15) is 45.1 Å². The summed E-state index contributed by atoms with van der Waals surface area (Å²) in [6, 6.07) is 3.66. The highest BCUT2D eigenvalue weighted by atomic mass is 32.2. The molecule has 0 aliphatic carbocycles. The summed E-state index contributed by atoms with van der Waals surface area (Å²) < 4.78 is 21.3. The number of phenols is 1. The molecule has 1 fully saturated rings. The average molecular weight is 485 g/mol. The number of aliphatic hydroxyl groups excluding tert-OH is 1. The van der Waals surface area contributed by atoms with Crippen LogP contribution in [0.4, 0.5) is 0 Å². The highest BCUT2D eigenvalue weighted by Crippen LogP contribution is 2.49. The number of aryl methyl sites for hydroxylation is 1. The molecule has 3 rings (SSSR count). The van der Waals surface area contributed by atoms with E-state index < -0.39 is 17.9 Å². The Bertz CT molecular complexity index is 822. The fraction of sp³-hybridized carbons (Fsp3) is 0.609. The van der Waals surface area contributed by atoms with Crippen molar-refractivity contribution >= 4 is 29.5 Å². The minimum absolute atomic E-state index is 0.00694. The zero-order valence-electron chi connectivity index (χ0n) is 19.0. The van der Waals surface area contributed by atoms with Crippen molar-refractivity contribution in [2.75, 3.05) is 25.7 Å². The molecule has 178 valence electrons. The van der Waals surface area contributed by atoms with Gasteiger partial charge in [0, 0.05) is 20.3 Å². The lowest BCUT2D eigenvalue weighted by atomic mass is 10.0. The quantitative estimate of drug-likeness (QED) is 0.499. The van der Waals surface area contributed by atoms with Crippen molar-refractivity contribution in [3.63, 3.8) is 0 Å². The second-order valence-corrected chi connectivity index (χ2v) is 11.6. The molecule has 0 radical (unpaired) electrons. The van der Waals surface area contributed by atoms with Crippen LogP contribution in [0.2, 0.25) is 0 Å². The molecule has 0 saturated carbocycles. The van der Waals surface area contributed by atoms with Crippen molar-refractivity contribution in [1.29, 1.82) is 0 Å². The maximum atomic E-state index is 11.8. The van der Waals surface area contributed by atoms with Crippen molar-refractivity contribution in [2.45, 2.75) is 61.9 Å². The summed E-state index contributed by atoms with van der Waals surface area (Å²) in [5, 5.41) is 21.1. The highest BCUT2D eigenvalue weighted by Gasteiger charge is 2.37. The van der Waals surface area contributed by atoms with Gasteiger partial charge in [0.05, 0.1) is 30.5 Å². The molecule has 0 aromatic heterocycles. The van der Waals surface area contributed by atoms with Gasteiger partial charge in [-0.3, -0.25) is 0 Å². The smallest absolute Gasteiger partial charge is 0.337 e. The number of cyclic esters (lactones) is 1. The maximum Gasteiger partial charge on any atom is 0.337 e. The molecule has 0 spiro atoms. The Morgan fingerprint density at radius 1 is 1.12 bits per heavy atom. The summed E-state index contributed by atoms with van der Waals surface area (Å²) in [7, 11) is 3.03. The SMILES string of the molecule is COc1cc(CCC2(CC(O)CC3=CC(=O)OC(C)(C)O3)SCCCS2)cc(OC)c1O. The van der Waals surface area contributed by atoms with Gasteiger partial charge in [-0.1, -0.05) is 0 Å². The van der Waals surface area contributed by atoms with E-state index in [1.165, 1.54) is 20.3 Å². The van der Waals surface area contributed by atoms with Gasteiger partial charge in [-0.2, -0.15) is 0 Å². The molecule has 2 aliphatic rings. The largest absolute Gasteiger partial charge is 0.502 e. The molecule has 1 saturated heterocycles. The monoisotopic (exact) mass is 484 g/mol. The molecule has 1 aromatic rings. The first-order valence-electron chi connectivity index (χ1n) is 10.7. The van der Waals surface area contributed by atoms with Crippen molar-refractivity contribution in [2.24, 2.45) is 0 Å². The van der Waals surface area contributed by atoms with Gasteiger partial charge >= 0.3 is 5.97 Å². The fourth-order valence-corrected chi connectivity index (χ4v) is 7.39. The summed E-state index contributed by atoms with van der Waals surface area (Å²) in [6.45, 7) is 3.36. The van der Waals surface area contributed by atoms with Gasteiger partial charge in [-0.05, 0) is 54.9 Å². The molecule has 32 heavy (non-hydrogen) atoms. The van der Waals surface area contributed by atoms with Gasteiger partial charge in [0.25, 0.3) is 0 Å². The normalized spacial score (nSPS) is 20.5. The first-order chi connectivity index (χ1) is 15.1. The van der Waals surface area contributed by atoms with E-state index in [2.05, 4.69) is 0 Å². The Kier molecular flexibility index (Phi) is 8.16. The number of esters is 1. The highest BCUT2D eigenvalue weighted by molar-refractivity contribution is 8.18. The third-order valence-electron chi connectivity index (χ3n) is 5.34. The Balaban J connectivity index is 1.70. The van der Waals surface area contributed by atoms with Gasteiger partial charge in [0.2, 0.25) is 11.5 Å². The predicted octanol–water partition coefficient (Wildman–Crippen LogP) is 4.24. The first kappa shape index (κ1) is 24.9. The van der Waals surface area contributed by atoms with Crippen LogP contribution < -0.4 is 9.47 Å². The van der Waals surface area contributed by atoms with E-state index in [1.807, 2.05) is 35.7 Å². The van der Waals surface area contributed by atoms with Crippen molar-refractivity contribution in [3.8, 4) is 17.2 Å². The molecule has 0 amide bonds. The van der Waals surface area contributed by atoms with Crippen LogP contribution in [-0.4, -0.2) is 57.9 Å². The zero-order valence-corrected chi connectivity index (χ0v) is 20.6. The van der Waals surface area contributed by atoms with E-state index in [0.717, 1.165) is 36.3 Å². The number of aliphatic hydroxyl groups is 1. The number of phenolic OH excluding ortho intramolecular Hbond substituents is 1. The number of hydrogen-bond acceptors (Lipinski definition) is 9. The van der Waals surface area contributed by atoms with Gasteiger partial charge in [0.15, 0.2) is 11.5 Å². The molecule has 9 heteroatoms. The lowest BCUT2D eigenvalue weighted by Crippen LogP contribution is -2.36. The summed E-state index contributed by atoms with van der Waals surface area (Å²) >= 11 is 3.77. The number of carbonyl (C=O) groups is 1. The molecule has 1 atom stereocenters. The zero-order chi connectivity index (χ0) is 23.4. The Hall–Kier alpha value is -1.71. The topological polar surface area (TPSA) is 94.5 Å². The lowest BCUT2D eigenvalue weighted by molar-refractivity contribution is -0.206. The van der Waals surface area contributed by atoms with Crippen molar-refractivity contribution < 1.29 is 34.0 Å². The second kappa shape index (κ2) is 10.5. The summed E-state index contributed by atoms with van der Waals surface area (Å²) in [6.07, 6.45) is 4.24. The summed E-state index contributed by atoms with van der Waals surface area (Å²) in [5.41, 5.74) is 1.000. The molecular formula is C23H32O7S2. The lowest BCUT2D eigenvalue weighted by Gasteiger charge is -2.38. The average Bonchev–Trinajstić information content (AvgIpc) is 2.72. The van der Waals surface area contributed by atoms with Gasteiger partial charge < -0.3 is 29.2 Å². The minimum Gasteiger partial charge on any atom is -0.502 e. The second-order valence-electron chi connectivity index (χ2n) is 8.41. The molecule has 2 N–H and O–H groups in total. The number of aromatic hydroxyl groups is 1. The number of benzene rings is 1. The van der Waals surface area contributed by atoms with E-state index >= 15 is 0 Å². The first-order valence-corrected chi connectivity index (χ1v) is 12.6. The van der Waals surface area contributed by atoms with Crippen molar-refractivity contribution in [1.82, 2.24) is 0 Å². The van der Waals surface area contributed by atoms with Crippen LogP contribution in [-0.2, 0) is 20.7 Å². The molecule has 0 bridgehead atoms. The predicted molar refractivity (Wildman–Crippen MR) is 126 cm³/mol. The minimum atomic E-state index is -1.02. The Morgan fingerprint density at radius 2 is 1.75 bits per heavy atom. The Morgan fingerprint density at radius 3 is 2.31 bits per heavy atom. The number of thioether (sulfide) groups is 2. The van der Waals surface area contributed by atoms with E-state index in [-0.39, 0.29) is 16.2 Å². The Labute approximate surface area is 197 Å². The van der Waals surface area contributed by atoms with E-state index in [9.17, 15) is 15.0 Å². The summed E-state index contributed by atoms with van der Waals surface area (Å²) in [5.74, 6) is 1.82. The molecule has 7 nitrogen and oxygen atoms in total. The maximum absolute atomic E-state index is 11.8. The number of carbonyl (C=O) groups excluding carboxylic acids is 1. The number of ether oxygens (including phenoxy) is 4. The van der Waals surface area contributed by atoms with Crippen molar-refractivity contribution in [3.05, 3.63) is 29.5 Å². The van der Waals surface area contributed by atoms with E-state index in [0.29, 0.717) is 23.7 Å². The third kappa shape index (κ3) is 6.42. The van der Waals surface area contributed by atoms with Gasteiger partial charge in [-0.25, -0.2) is 4.79 Å². The molecule has 1 aromatic carbocycles. The summed E-state index contributed by atoms with van der Waals surface area (Å²) in [4.78, 5) is 11.8.